The average Bonchev–Trinajstić information content (AvgIpc) is 2.45. The molecule has 1 atom stereocenters. The molecular formula is C17H19Cl2N. The number of hydrogen-bond donors (Lipinski definition) is 1. The molecule has 0 aliphatic heterocycles. The molecule has 0 saturated heterocycles. The van der Waals surface area contributed by atoms with Gasteiger partial charge in [0, 0.05) is 12.6 Å². The van der Waals surface area contributed by atoms with Crippen molar-refractivity contribution < 1.29 is 0 Å². The standard InChI is InChI=1S/C17H19Cl2N/c1-3-17(14-8-9-15(18)16(19)10-14)20-11-13-6-4-12(2)5-7-13/h4-10,17,20H,3,11H2,1-2H3. The first-order chi connectivity index (χ1) is 9.60. The number of benzene rings is 2. The molecule has 0 aliphatic carbocycles. The summed E-state index contributed by atoms with van der Waals surface area (Å²) in [5.41, 5.74) is 3.74. The van der Waals surface area contributed by atoms with Gasteiger partial charge in [0.1, 0.15) is 0 Å². The normalized spacial score (nSPS) is 12.4. The van der Waals surface area contributed by atoms with E-state index < -0.39 is 0 Å². The highest BCUT2D eigenvalue weighted by atomic mass is 35.5. The maximum atomic E-state index is 6.09. The first-order valence-corrected chi connectivity index (χ1v) is 7.59. The first kappa shape index (κ1) is 15.4. The zero-order valence-corrected chi connectivity index (χ0v) is 13.3. The van der Waals surface area contributed by atoms with Crippen molar-refractivity contribution >= 4 is 23.2 Å². The Morgan fingerprint density at radius 1 is 1.00 bits per heavy atom. The smallest absolute Gasteiger partial charge is 0.0595 e. The fourth-order valence-corrected chi connectivity index (χ4v) is 2.48. The molecule has 3 heteroatoms. The Kier molecular flexibility index (Phi) is 5.47. The molecule has 0 heterocycles. The van der Waals surface area contributed by atoms with Gasteiger partial charge in [-0.3, -0.25) is 0 Å². The highest BCUT2D eigenvalue weighted by molar-refractivity contribution is 6.42. The van der Waals surface area contributed by atoms with Crippen LogP contribution in [0.1, 0.15) is 36.1 Å². The van der Waals surface area contributed by atoms with E-state index >= 15 is 0 Å². The molecule has 20 heavy (non-hydrogen) atoms. The van der Waals surface area contributed by atoms with E-state index in [1.165, 1.54) is 16.7 Å². The van der Waals surface area contributed by atoms with Gasteiger partial charge in [0.2, 0.25) is 0 Å². The minimum Gasteiger partial charge on any atom is -0.306 e. The van der Waals surface area contributed by atoms with E-state index in [2.05, 4.69) is 43.4 Å². The van der Waals surface area contributed by atoms with Crippen LogP contribution in [-0.2, 0) is 6.54 Å². The maximum Gasteiger partial charge on any atom is 0.0595 e. The third-order valence-electron chi connectivity index (χ3n) is 3.43. The van der Waals surface area contributed by atoms with Crippen LogP contribution in [0.25, 0.3) is 0 Å². The Morgan fingerprint density at radius 3 is 2.30 bits per heavy atom. The lowest BCUT2D eigenvalue weighted by molar-refractivity contribution is 0.519. The highest BCUT2D eigenvalue weighted by Crippen LogP contribution is 2.27. The molecule has 0 amide bonds. The molecule has 0 spiro atoms. The molecule has 0 radical (unpaired) electrons. The predicted octanol–water partition coefficient (Wildman–Crippen LogP) is 5.54. The quantitative estimate of drug-likeness (QED) is 0.764. The summed E-state index contributed by atoms with van der Waals surface area (Å²) < 4.78 is 0. The third kappa shape index (κ3) is 3.99. The van der Waals surface area contributed by atoms with Gasteiger partial charge < -0.3 is 5.32 Å². The lowest BCUT2D eigenvalue weighted by Crippen LogP contribution is -2.20. The molecular weight excluding hydrogens is 289 g/mol. The van der Waals surface area contributed by atoms with Crippen LogP contribution >= 0.6 is 23.2 Å². The predicted molar refractivity (Wildman–Crippen MR) is 87.5 cm³/mol. The SMILES string of the molecule is CCC(NCc1ccc(C)cc1)c1ccc(Cl)c(Cl)c1. The van der Waals surface area contributed by atoms with Crippen LogP contribution in [0.3, 0.4) is 0 Å². The lowest BCUT2D eigenvalue weighted by Gasteiger charge is -2.18. The van der Waals surface area contributed by atoms with Crippen LogP contribution < -0.4 is 5.32 Å². The summed E-state index contributed by atoms with van der Waals surface area (Å²) in [5.74, 6) is 0. The van der Waals surface area contributed by atoms with E-state index in [0.717, 1.165) is 13.0 Å². The summed E-state index contributed by atoms with van der Waals surface area (Å²) in [6.45, 7) is 5.11. The second-order valence-corrected chi connectivity index (χ2v) is 5.82. The minimum absolute atomic E-state index is 0.283. The van der Waals surface area contributed by atoms with Crippen molar-refractivity contribution in [2.75, 3.05) is 0 Å². The van der Waals surface area contributed by atoms with Gasteiger partial charge in [-0.25, -0.2) is 0 Å². The van der Waals surface area contributed by atoms with Crippen LogP contribution in [0.4, 0.5) is 0 Å². The van der Waals surface area contributed by atoms with Crippen molar-refractivity contribution in [3.63, 3.8) is 0 Å². The first-order valence-electron chi connectivity index (χ1n) is 6.84. The topological polar surface area (TPSA) is 12.0 Å². The number of halogens is 2. The van der Waals surface area contributed by atoms with Crippen molar-refractivity contribution in [1.29, 1.82) is 0 Å². The summed E-state index contributed by atoms with van der Waals surface area (Å²) in [6.07, 6.45) is 1.00. The monoisotopic (exact) mass is 307 g/mol. The molecule has 0 fully saturated rings. The second-order valence-electron chi connectivity index (χ2n) is 5.00. The van der Waals surface area contributed by atoms with Gasteiger partial charge in [-0.1, -0.05) is 66.0 Å². The second kappa shape index (κ2) is 7.12. The Balaban J connectivity index is 2.05. The largest absolute Gasteiger partial charge is 0.306 e. The number of hydrogen-bond acceptors (Lipinski definition) is 1. The molecule has 0 bridgehead atoms. The fraction of sp³-hybridized carbons (Fsp3) is 0.294. The minimum atomic E-state index is 0.283. The molecule has 0 saturated carbocycles. The van der Waals surface area contributed by atoms with Crippen LogP contribution in [0.2, 0.25) is 10.0 Å². The number of aryl methyl sites for hydroxylation is 1. The lowest BCUT2D eigenvalue weighted by atomic mass is 10.0. The van der Waals surface area contributed by atoms with Gasteiger partial charge in [0.25, 0.3) is 0 Å². The molecule has 2 rings (SSSR count). The molecule has 106 valence electrons. The summed E-state index contributed by atoms with van der Waals surface area (Å²) in [7, 11) is 0. The van der Waals surface area contributed by atoms with E-state index in [1.807, 2.05) is 18.2 Å². The zero-order valence-electron chi connectivity index (χ0n) is 11.8. The summed E-state index contributed by atoms with van der Waals surface area (Å²) in [5, 5.41) is 4.78. The molecule has 2 aromatic carbocycles. The van der Waals surface area contributed by atoms with Gasteiger partial charge in [-0.15, -0.1) is 0 Å². The van der Waals surface area contributed by atoms with Crippen LogP contribution in [0.5, 0.6) is 0 Å². The van der Waals surface area contributed by atoms with E-state index in [9.17, 15) is 0 Å². The van der Waals surface area contributed by atoms with Crippen molar-refractivity contribution in [2.24, 2.45) is 0 Å². The fourth-order valence-electron chi connectivity index (χ4n) is 2.17. The van der Waals surface area contributed by atoms with Crippen LogP contribution in [-0.4, -0.2) is 0 Å². The Bertz CT molecular complexity index is 564. The van der Waals surface area contributed by atoms with Gasteiger partial charge >= 0.3 is 0 Å². The van der Waals surface area contributed by atoms with E-state index in [-0.39, 0.29) is 6.04 Å². The van der Waals surface area contributed by atoms with Gasteiger partial charge in [-0.05, 0) is 36.6 Å². The summed E-state index contributed by atoms with van der Waals surface area (Å²) in [6, 6.07) is 14.7. The number of rotatable bonds is 5. The molecule has 0 aliphatic rings. The Labute approximate surface area is 130 Å². The molecule has 1 nitrogen and oxygen atoms in total. The third-order valence-corrected chi connectivity index (χ3v) is 4.17. The van der Waals surface area contributed by atoms with Crippen molar-refractivity contribution in [3.05, 3.63) is 69.2 Å². The molecule has 1 unspecified atom stereocenters. The summed E-state index contributed by atoms with van der Waals surface area (Å²) >= 11 is 12.1. The Hall–Kier alpha value is -1.02. The summed E-state index contributed by atoms with van der Waals surface area (Å²) in [4.78, 5) is 0. The average molecular weight is 308 g/mol. The van der Waals surface area contributed by atoms with Crippen molar-refractivity contribution in [3.8, 4) is 0 Å². The van der Waals surface area contributed by atoms with Gasteiger partial charge in [0.15, 0.2) is 0 Å². The maximum absolute atomic E-state index is 6.09. The van der Waals surface area contributed by atoms with Crippen molar-refractivity contribution in [2.45, 2.75) is 32.9 Å². The molecule has 2 aromatic rings. The Morgan fingerprint density at radius 2 is 1.70 bits per heavy atom. The van der Waals surface area contributed by atoms with Crippen LogP contribution in [0, 0.1) is 6.92 Å². The highest BCUT2D eigenvalue weighted by Gasteiger charge is 2.10. The van der Waals surface area contributed by atoms with E-state index in [1.54, 1.807) is 0 Å². The van der Waals surface area contributed by atoms with Crippen molar-refractivity contribution in [1.82, 2.24) is 5.32 Å². The molecule has 0 aromatic heterocycles. The van der Waals surface area contributed by atoms with Crippen LogP contribution in [0.15, 0.2) is 42.5 Å². The van der Waals surface area contributed by atoms with E-state index in [4.69, 9.17) is 23.2 Å². The van der Waals surface area contributed by atoms with Gasteiger partial charge in [0.05, 0.1) is 10.0 Å². The zero-order chi connectivity index (χ0) is 14.5. The van der Waals surface area contributed by atoms with Gasteiger partial charge in [-0.2, -0.15) is 0 Å². The molecule has 1 N–H and O–H groups in total. The number of nitrogens with one attached hydrogen (secondary N) is 1. The van der Waals surface area contributed by atoms with E-state index in [0.29, 0.717) is 10.0 Å².